The first kappa shape index (κ1) is 13.1. The number of rotatable bonds is 2. The van der Waals surface area contributed by atoms with Gasteiger partial charge in [0.15, 0.2) is 5.82 Å². The van der Waals surface area contributed by atoms with E-state index in [1.165, 1.54) is 12.4 Å². The number of carbonyl (C=O) groups excluding carboxylic acids is 1. The molecule has 0 radical (unpaired) electrons. The van der Waals surface area contributed by atoms with Crippen LogP contribution in [-0.2, 0) is 4.79 Å². The largest absolute Gasteiger partial charge is 0.319 e. The molecular formula is C10H15BrN4O. The summed E-state index contributed by atoms with van der Waals surface area (Å²) in [6.07, 6.45) is 2.98. The van der Waals surface area contributed by atoms with Gasteiger partial charge in [-0.25, -0.2) is 9.97 Å². The molecule has 1 aromatic heterocycles. The van der Waals surface area contributed by atoms with E-state index in [4.69, 9.17) is 5.73 Å². The summed E-state index contributed by atoms with van der Waals surface area (Å²) in [6.45, 7) is 5.72. The summed E-state index contributed by atoms with van der Waals surface area (Å²) in [5.41, 5.74) is 5.52. The molecule has 0 saturated heterocycles. The SMILES string of the molecule is CC(C)(C)[C@H](N)C(=O)Nc1cnc(Br)cn1. The molecule has 0 saturated carbocycles. The maximum absolute atomic E-state index is 11.7. The van der Waals surface area contributed by atoms with Gasteiger partial charge in [0.2, 0.25) is 5.91 Å². The molecule has 88 valence electrons. The minimum atomic E-state index is -0.585. The number of nitrogens with two attached hydrogens (primary N) is 1. The van der Waals surface area contributed by atoms with Crippen molar-refractivity contribution < 1.29 is 4.79 Å². The monoisotopic (exact) mass is 286 g/mol. The normalized spacial score (nSPS) is 13.3. The Balaban J connectivity index is 2.68. The lowest BCUT2D eigenvalue weighted by atomic mass is 9.87. The number of anilines is 1. The van der Waals surface area contributed by atoms with Crippen LogP contribution in [0.15, 0.2) is 17.0 Å². The third kappa shape index (κ3) is 3.53. The van der Waals surface area contributed by atoms with E-state index in [2.05, 4.69) is 31.2 Å². The van der Waals surface area contributed by atoms with Crippen molar-refractivity contribution in [3.8, 4) is 0 Å². The van der Waals surface area contributed by atoms with Crippen molar-refractivity contribution in [3.63, 3.8) is 0 Å². The minimum absolute atomic E-state index is 0.260. The van der Waals surface area contributed by atoms with E-state index in [1.54, 1.807) is 0 Å². The van der Waals surface area contributed by atoms with Crippen molar-refractivity contribution in [2.45, 2.75) is 26.8 Å². The number of halogens is 1. The fraction of sp³-hybridized carbons (Fsp3) is 0.500. The summed E-state index contributed by atoms with van der Waals surface area (Å²) in [7, 11) is 0. The van der Waals surface area contributed by atoms with Crippen LogP contribution < -0.4 is 11.1 Å². The first-order chi connectivity index (χ1) is 7.30. The van der Waals surface area contributed by atoms with E-state index in [-0.39, 0.29) is 11.3 Å². The van der Waals surface area contributed by atoms with Crippen molar-refractivity contribution in [1.82, 2.24) is 9.97 Å². The van der Waals surface area contributed by atoms with Crippen LogP contribution in [0.4, 0.5) is 5.82 Å². The fourth-order valence-electron chi connectivity index (χ4n) is 0.974. The maximum atomic E-state index is 11.7. The zero-order valence-corrected chi connectivity index (χ0v) is 11.1. The second-order valence-electron chi connectivity index (χ2n) is 4.56. The quantitative estimate of drug-likeness (QED) is 0.864. The zero-order valence-electron chi connectivity index (χ0n) is 9.49. The number of nitrogens with one attached hydrogen (secondary N) is 1. The summed E-state index contributed by atoms with van der Waals surface area (Å²) in [4.78, 5) is 19.7. The summed E-state index contributed by atoms with van der Waals surface area (Å²) in [6, 6.07) is -0.585. The van der Waals surface area contributed by atoms with E-state index in [9.17, 15) is 4.79 Å². The zero-order chi connectivity index (χ0) is 12.3. The van der Waals surface area contributed by atoms with Gasteiger partial charge in [-0.1, -0.05) is 20.8 Å². The summed E-state index contributed by atoms with van der Waals surface area (Å²) in [5, 5.41) is 2.62. The summed E-state index contributed by atoms with van der Waals surface area (Å²) < 4.78 is 0.616. The lowest BCUT2D eigenvalue weighted by molar-refractivity contribution is -0.119. The Morgan fingerprint density at radius 1 is 1.44 bits per heavy atom. The number of hydrogen-bond acceptors (Lipinski definition) is 4. The lowest BCUT2D eigenvalue weighted by Crippen LogP contribution is -2.45. The van der Waals surface area contributed by atoms with Gasteiger partial charge in [0.1, 0.15) is 4.60 Å². The first-order valence-electron chi connectivity index (χ1n) is 4.84. The molecule has 0 unspecified atom stereocenters. The van der Waals surface area contributed by atoms with Crippen LogP contribution >= 0.6 is 15.9 Å². The van der Waals surface area contributed by atoms with E-state index >= 15 is 0 Å². The van der Waals surface area contributed by atoms with Crippen LogP contribution in [-0.4, -0.2) is 21.9 Å². The van der Waals surface area contributed by atoms with Gasteiger partial charge in [0.05, 0.1) is 18.4 Å². The molecule has 6 heteroatoms. The highest BCUT2D eigenvalue weighted by molar-refractivity contribution is 9.10. The van der Waals surface area contributed by atoms with Crippen LogP contribution in [0.3, 0.4) is 0 Å². The highest BCUT2D eigenvalue weighted by atomic mass is 79.9. The molecule has 0 aliphatic carbocycles. The van der Waals surface area contributed by atoms with Crippen LogP contribution in [0.2, 0.25) is 0 Å². The molecule has 0 aliphatic rings. The summed E-state index contributed by atoms with van der Waals surface area (Å²) in [5.74, 6) is 0.136. The van der Waals surface area contributed by atoms with Crippen LogP contribution in [0.5, 0.6) is 0 Å². The van der Waals surface area contributed by atoms with E-state index in [0.29, 0.717) is 10.4 Å². The smallest absolute Gasteiger partial charge is 0.243 e. The average Bonchev–Trinajstić information content (AvgIpc) is 2.19. The Hall–Kier alpha value is -1.01. The second-order valence-corrected chi connectivity index (χ2v) is 5.37. The number of amides is 1. The third-order valence-electron chi connectivity index (χ3n) is 2.09. The van der Waals surface area contributed by atoms with Gasteiger partial charge in [-0.2, -0.15) is 0 Å². The van der Waals surface area contributed by atoms with Gasteiger partial charge in [-0.05, 0) is 21.3 Å². The highest BCUT2D eigenvalue weighted by Gasteiger charge is 2.27. The Morgan fingerprint density at radius 3 is 2.50 bits per heavy atom. The molecule has 0 bridgehead atoms. The van der Waals surface area contributed by atoms with Crippen molar-refractivity contribution in [2.24, 2.45) is 11.1 Å². The van der Waals surface area contributed by atoms with Crippen molar-refractivity contribution in [1.29, 1.82) is 0 Å². The number of aromatic nitrogens is 2. The molecule has 0 fully saturated rings. The van der Waals surface area contributed by atoms with Crippen molar-refractivity contribution >= 4 is 27.7 Å². The standard InChI is InChI=1S/C10H15BrN4O/c1-10(2,3)8(12)9(16)15-7-5-13-6(11)4-14-7/h4-5,8H,12H2,1-3H3,(H,14,15,16)/t8-/m1/s1. The molecule has 0 spiro atoms. The molecule has 16 heavy (non-hydrogen) atoms. The molecule has 1 aromatic rings. The van der Waals surface area contributed by atoms with E-state index in [0.717, 1.165) is 0 Å². The maximum Gasteiger partial charge on any atom is 0.243 e. The van der Waals surface area contributed by atoms with Gasteiger partial charge in [0, 0.05) is 0 Å². The molecule has 1 rings (SSSR count). The number of carbonyl (C=O) groups is 1. The molecule has 5 nitrogen and oxygen atoms in total. The van der Waals surface area contributed by atoms with Gasteiger partial charge in [0.25, 0.3) is 0 Å². The molecule has 3 N–H and O–H groups in total. The van der Waals surface area contributed by atoms with Gasteiger partial charge in [-0.3, -0.25) is 4.79 Å². The van der Waals surface area contributed by atoms with E-state index < -0.39 is 6.04 Å². The van der Waals surface area contributed by atoms with Gasteiger partial charge < -0.3 is 11.1 Å². The van der Waals surface area contributed by atoms with Gasteiger partial charge >= 0.3 is 0 Å². The van der Waals surface area contributed by atoms with E-state index in [1.807, 2.05) is 20.8 Å². The predicted molar refractivity (Wildman–Crippen MR) is 65.8 cm³/mol. The summed E-state index contributed by atoms with van der Waals surface area (Å²) >= 11 is 3.16. The molecule has 0 aliphatic heterocycles. The van der Waals surface area contributed by atoms with Crippen LogP contribution in [0.25, 0.3) is 0 Å². The van der Waals surface area contributed by atoms with Crippen molar-refractivity contribution in [2.75, 3.05) is 5.32 Å². The average molecular weight is 287 g/mol. The minimum Gasteiger partial charge on any atom is -0.319 e. The second kappa shape index (κ2) is 4.88. The van der Waals surface area contributed by atoms with Gasteiger partial charge in [-0.15, -0.1) is 0 Å². The Bertz CT molecular complexity index is 371. The highest BCUT2D eigenvalue weighted by Crippen LogP contribution is 2.18. The first-order valence-corrected chi connectivity index (χ1v) is 5.64. The predicted octanol–water partition coefficient (Wildman–Crippen LogP) is 1.55. The Kier molecular flexibility index (Phi) is 3.98. The number of hydrogen-bond donors (Lipinski definition) is 2. The van der Waals surface area contributed by atoms with Crippen molar-refractivity contribution in [3.05, 3.63) is 17.0 Å². The third-order valence-corrected chi connectivity index (χ3v) is 2.50. The molecule has 1 amide bonds. The topological polar surface area (TPSA) is 80.9 Å². The molecule has 0 aromatic carbocycles. The Morgan fingerprint density at radius 2 is 2.06 bits per heavy atom. The lowest BCUT2D eigenvalue weighted by Gasteiger charge is -2.25. The number of nitrogens with zero attached hydrogens (tertiary/aromatic N) is 2. The molecule has 1 atom stereocenters. The van der Waals surface area contributed by atoms with Crippen LogP contribution in [0.1, 0.15) is 20.8 Å². The Labute approximate surface area is 103 Å². The van der Waals surface area contributed by atoms with Crippen LogP contribution in [0, 0.1) is 5.41 Å². The fourth-order valence-corrected chi connectivity index (χ4v) is 1.18. The molecule has 1 heterocycles. The molecular weight excluding hydrogens is 272 g/mol.